The first-order valence-electron chi connectivity index (χ1n) is 12.3. The van der Waals surface area contributed by atoms with Crippen molar-refractivity contribution in [3.8, 4) is 5.75 Å². The van der Waals surface area contributed by atoms with Gasteiger partial charge >= 0.3 is 0 Å². The predicted octanol–water partition coefficient (Wildman–Crippen LogP) is 4.93. The van der Waals surface area contributed by atoms with Gasteiger partial charge in [-0.2, -0.15) is 0 Å². The number of fused-ring (bicyclic) bond motifs is 5. The first-order chi connectivity index (χ1) is 15.0. The zero-order valence-corrected chi connectivity index (χ0v) is 20.3. The van der Waals surface area contributed by atoms with Gasteiger partial charge in [0.25, 0.3) is 0 Å². The molecule has 32 heavy (non-hydrogen) atoms. The van der Waals surface area contributed by atoms with E-state index in [4.69, 9.17) is 0 Å². The number of allylic oxidation sites excluding steroid dienone is 1. The Morgan fingerprint density at radius 3 is 2.56 bits per heavy atom. The molecule has 1 aromatic carbocycles. The molecule has 0 aliphatic heterocycles. The molecule has 0 saturated heterocycles. The minimum atomic E-state index is -0.700. The van der Waals surface area contributed by atoms with E-state index in [1.54, 1.807) is 12.1 Å². The summed E-state index contributed by atoms with van der Waals surface area (Å²) in [5.41, 5.74) is 2.18. The molecule has 3 aliphatic rings. The lowest BCUT2D eigenvalue weighted by atomic mass is 9.41. The monoisotopic (exact) mass is 440 g/mol. The van der Waals surface area contributed by atoms with E-state index in [2.05, 4.69) is 20.8 Å². The Morgan fingerprint density at radius 2 is 1.91 bits per heavy atom. The molecule has 0 spiro atoms. The molecule has 4 nitrogen and oxygen atoms in total. The maximum absolute atomic E-state index is 12.8. The second-order valence-electron chi connectivity index (χ2n) is 11.8. The Balaban J connectivity index is 1.71. The van der Waals surface area contributed by atoms with Crippen LogP contribution in [-0.4, -0.2) is 33.8 Å². The van der Waals surface area contributed by atoms with E-state index in [-0.39, 0.29) is 22.5 Å². The number of aromatic hydroxyl groups is 1. The van der Waals surface area contributed by atoms with Gasteiger partial charge in [0.1, 0.15) is 12.0 Å². The average molecular weight is 441 g/mol. The molecule has 2 fully saturated rings. The molecule has 0 bridgehead atoms. The Hall–Kier alpha value is -1.65. The van der Waals surface area contributed by atoms with Crippen LogP contribution >= 0.6 is 0 Å². The number of phenolic OH excluding ortho intramolecular Hbond substituents is 1. The Morgan fingerprint density at radius 1 is 1.19 bits per heavy atom. The van der Waals surface area contributed by atoms with Gasteiger partial charge in [-0.25, -0.2) is 0 Å². The summed E-state index contributed by atoms with van der Waals surface area (Å²) in [7, 11) is 0. The van der Waals surface area contributed by atoms with E-state index in [1.807, 2.05) is 26.0 Å². The van der Waals surface area contributed by atoms with Crippen molar-refractivity contribution < 1.29 is 20.1 Å². The lowest BCUT2D eigenvalue weighted by Gasteiger charge is -2.62. The molecular formula is C28H40O4. The number of carbonyl (C=O) groups excluding carboxylic acids is 1. The van der Waals surface area contributed by atoms with Gasteiger partial charge < -0.3 is 20.1 Å². The van der Waals surface area contributed by atoms with Crippen molar-refractivity contribution in [2.45, 2.75) is 90.8 Å². The summed E-state index contributed by atoms with van der Waals surface area (Å²) < 4.78 is 0. The molecule has 0 amide bonds. The van der Waals surface area contributed by atoms with Gasteiger partial charge in [-0.1, -0.05) is 38.5 Å². The Kier molecular flexibility index (Phi) is 5.87. The summed E-state index contributed by atoms with van der Waals surface area (Å²) in [6.45, 7) is 11.0. The highest BCUT2D eigenvalue weighted by Crippen LogP contribution is 2.72. The largest absolute Gasteiger partial charge is 0.508 e. The zero-order chi connectivity index (χ0) is 23.5. The lowest BCUT2D eigenvalue weighted by Crippen LogP contribution is -2.63. The molecule has 0 aromatic heterocycles. The number of carbonyl (C=O) groups is 1. The SMILES string of the molecule is CC(C)=CC(O)C[C@@H](C)[C@H]1CC[C@@]2(C)C3C(O)Cc4cc(O)ccc4[C@]3(C=O)CC[C@]12C. The minimum absolute atomic E-state index is 0.00366. The summed E-state index contributed by atoms with van der Waals surface area (Å²) in [5, 5.41) is 32.0. The number of hydrogen-bond donors (Lipinski definition) is 3. The van der Waals surface area contributed by atoms with Crippen molar-refractivity contribution >= 4 is 6.29 Å². The fourth-order valence-electron chi connectivity index (χ4n) is 8.38. The van der Waals surface area contributed by atoms with E-state index in [9.17, 15) is 20.1 Å². The number of phenols is 1. The minimum Gasteiger partial charge on any atom is -0.508 e. The van der Waals surface area contributed by atoms with Gasteiger partial charge in [0.05, 0.1) is 17.6 Å². The summed E-state index contributed by atoms with van der Waals surface area (Å²) in [5.74, 6) is 0.863. The van der Waals surface area contributed by atoms with E-state index in [1.165, 1.54) is 0 Å². The van der Waals surface area contributed by atoms with Gasteiger partial charge in [0, 0.05) is 5.92 Å². The average Bonchev–Trinajstić information content (AvgIpc) is 2.97. The number of aliphatic hydroxyl groups is 2. The van der Waals surface area contributed by atoms with E-state index in [0.29, 0.717) is 18.3 Å². The van der Waals surface area contributed by atoms with Crippen LogP contribution in [0.25, 0.3) is 0 Å². The third kappa shape index (κ3) is 3.28. The van der Waals surface area contributed by atoms with Crippen LogP contribution in [0.4, 0.5) is 0 Å². The molecule has 2 saturated carbocycles. The molecular weight excluding hydrogens is 400 g/mol. The molecule has 176 valence electrons. The number of benzene rings is 1. The summed E-state index contributed by atoms with van der Waals surface area (Å²) in [6, 6.07) is 5.31. The van der Waals surface area contributed by atoms with Crippen molar-refractivity contribution in [1.29, 1.82) is 0 Å². The summed E-state index contributed by atoms with van der Waals surface area (Å²) in [4.78, 5) is 12.8. The quantitative estimate of drug-likeness (QED) is 0.448. The van der Waals surface area contributed by atoms with Crippen molar-refractivity contribution in [2.24, 2.45) is 28.6 Å². The van der Waals surface area contributed by atoms with E-state index >= 15 is 0 Å². The van der Waals surface area contributed by atoms with Gasteiger partial charge in [-0.05, 0) is 98.3 Å². The van der Waals surface area contributed by atoms with Crippen molar-refractivity contribution in [3.63, 3.8) is 0 Å². The number of rotatable bonds is 5. The third-order valence-electron chi connectivity index (χ3n) is 9.84. The summed E-state index contributed by atoms with van der Waals surface area (Å²) >= 11 is 0. The zero-order valence-electron chi connectivity index (χ0n) is 20.3. The van der Waals surface area contributed by atoms with Crippen LogP contribution in [0.5, 0.6) is 5.75 Å². The Labute approximate surface area is 192 Å². The van der Waals surface area contributed by atoms with Gasteiger partial charge in [-0.3, -0.25) is 0 Å². The second kappa shape index (κ2) is 7.99. The molecule has 4 heteroatoms. The van der Waals surface area contributed by atoms with Crippen LogP contribution in [0.15, 0.2) is 29.8 Å². The van der Waals surface area contributed by atoms with Crippen LogP contribution in [0.3, 0.4) is 0 Å². The highest BCUT2D eigenvalue weighted by molar-refractivity contribution is 5.73. The normalized spacial score (nSPS) is 39.9. The molecule has 8 atom stereocenters. The fourth-order valence-corrected chi connectivity index (χ4v) is 8.38. The molecule has 3 unspecified atom stereocenters. The maximum Gasteiger partial charge on any atom is 0.130 e. The Bertz CT molecular complexity index is 918. The maximum atomic E-state index is 12.8. The molecule has 3 N–H and O–H groups in total. The number of aldehydes is 1. The van der Waals surface area contributed by atoms with Crippen LogP contribution in [-0.2, 0) is 16.6 Å². The van der Waals surface area contributed by atoms with Crippen molar-refractivity contribution in [3.05, 3.63) is 41.0 Å². The van der Waals surface area contributed by atoms with Crippen LogP contribution in [0.1, 0.15) is 77.8 Å². The third-order valence-corrected chi connectivity index (χ3v) is 9.84. The van der Waals surface area contributed by atoms with Crippen LogP contribution in [0, 0.1) is 28.6 Å². The first kappa shape index (κ1) is 23.5. The van der Waals surface area contributed by atoms with Gasteiger partial charge in [0.15, 0.2) is 0 Å². The van der Waals surface area contributed by atoms with E-state index in [0.717, 1.165) is 55.1 Å². The smallest absolute Gasteiger partial charge is 0.130 e. The highest BCUT2D eigenvalue weighted by atomic mass is 16.3. The van der Waals surface area contributed by atoms with Crippen molar-refractivity contribution in [1.82, 2.24) is 0 Å². The van der Waals surface area contributed by atoms with Crippen molar-refractivity contribution in [2.75, 3.05) is 0 Å². The molecule has 0 heterocycles. The number of aliphatic hydroxyl groups excluding tert-OH is 2. The van der Waals surface area contributed by atoms with Crippen LogP contribution in [0.2, 0.25) is 0 Å². The van der Waals surface area contributed by atoms with Crippen LogP contribution < -0.4 is 0 Å². The lowest BCUT2D eigenvalue weighted by molar-refractivity contribution is -0.152. The fraction of sp³-hybridized carbons (Fsp3) is 0.679. The van der Waals surface area contributed by atoms with Gasteiger partial charge in [0.2, 0.25) is 0 Å². The topological polar surface area (TPSA) is 77.8 Å². The molecule has 4 rings (SSSR count). The molecule has 3 aliphatic carbocycles. The highest BCUT2D eigenvalue weighted by Gasteiger charge is 2.68. The number of hydrogen-bond acceptors (Lipinski definition) is 4. The van der Waals surface area contributed by atoms with E-state index < -0.39 is 17.6 Å². The first-order valence-corrected chi connectivity index (χ1v) is 12.3. The van der Waals surface area contributed by atoms with Gasteiger partial charge in [-0.15, -0.1) is 0 Å². The second-order valence-corrected chi connectivity index (χ2v) is 11.8. The summed E-state index contributed by atoms with van der Waals surface area (Å²) in [6.07, 6.45) is 6.95. The molecule has 1 aromatic rings. The standard InChI is InChI=1S/C28H40O4/c1-17(2)12-21(31)13-18(3)22-8-9-27(5)25-24(32)15-19-14-20(30)6-7-23(19)28(25,16-29)11-10-26(22,27)4/h6-7,12,14,16,18,21-22,24-25,30-32H,8-11,13,15H2,1-5H3/t18-,21?,22-,24?,25?,26-,27+,28-/m1/s1. The predicted molar refractivity (Wildman–Crippen MR) is 126 cm³/mol. The molecule has 0 radical (unpaired) electrons.